The maximum atomic E-state index is 11.6. The highest BCUT2D eigenvalue weighted by Gasteiger charge is 2.15. The van der Waals surface area contributed by atoms with Crippen molar-refractivity contribution in [3.63, 3.8) is 0 Å². The van der Waals surface area contributed by atoms with E-state index in [4.69, 9.17) is 11.6 Å². The van der Waals surface area contributed by atoms with Gasteiger partial charge in [-0.05, 0) is 30.7 Å². The van der Waals surface area contributed by atoms with Crippen LogP contribution < -0.4 is 5.32 Å². The number of anilines is 1. The van der Waals surface area contributed by atoms with Crippen molar-refractivity contribution in [1.29, 1.82) is 0 Å². The van der Waals surface area contributed by atoms with Gasteiger partial charge in [0.25, 0.3) is 0 Å². The minimum Gasteiger partial charge on any atom is -0.325 e. The number of carbonyl (C=O) groups is 1. The average molecular weight is 288 g/mol. The van der Waals surface area contributed by atoms with Gasteiger partial charge in [-0.3, -0.25) is 4.79 Å². The van der Waals surface area contributed by atoms with Crippen LogP contribution in [0, 0.1) is 6.92 Å². The number of sulfone groups is 1. The third-order valence-electron chi connectivity index (χ3n) is 2.19. The molecule has 4 nitrogen and oxygen atoms in total. The van der Waals surface area contributed by atoms with Crippen LogP contribution in [-0.2, 0) is 14.6 Å². The summed E-state index contributed by atoms with van der Waals surface area (Å²) in [4.78, 5) is 11.6. The summed E-state index contributed by atoms with van der Waals surface area (Å²) < 4.78 is 22.8. The molecule has 0 fully saturated rings. The Hall–Kier alpha value is -1.33. The highest BCUT2D eigenvalue weighted by atomic mass is 35.5. The van der Waals surface area contributed by atoms with Crippen molar-refractivity contribution < 1.29 is 13.2 Å². The molecule has 1 aromatic carbocycles. The standard InChI is InChI=1S/C12H14ClNO3S/c1-3-6-18(16,17)8-12(15)14-11-5-4-10(13)7-9(11)2/h3-5,7H,1,6,8H2,2H3,(H,14,15). The van der Waals surface area contributed by atoms with E-state index >= 15 is 0 Å². The van der Waals surface area contributed by atoms with Gasteiger partial charge in [0.1, 0.15) is 5.75 Å². The summed E-state index contributed by atoms with van der Waals surface area (Å²) in [7, 11) is -3.43. The van der Waals surface area contributed by atoms with E-state index in [2.05, 4.69) is 11.9 Å². The van der Waals surface area contributed by atoms with Crippen LogP contribution in [0.15, 0.2) is 30.9 Å². The molecule has 0 aliphatic heterocycles. The van der Waals surface area contributed by atoms with Gasteiger partial charge in [-0.1, -0.05) is 17.7 Å². The van der Waals surface area contributed by atoms with Crippen molar-refractivity contribution in [2.75, 3.05) is 16.8 Å². The normalized spacial score (nSPS) is 11.0. The maximum absolute atomic E-state index is 11.6. The first-order chi connectivity index (χ1) is 8.34. The van der Waals surface area contributed by atoms with E-state index in [-0.39, 0.29) is 5.75 Å². The van der Waals surface area contributed by atoms with Crippen LogP contribution in [0.5, 0.6) is 0 Å². The molecule has 0 heterocycles. The number of aryl methyl sites for hydroxylation is 1. The monoisotopic (exact) mass is 287 g/mol. The quantitative estimate of drug-likeness (QED) is 0.844. The zero-order valence-electron chi connectivity index (χ0n) is 9.94. The second kappa shape index (κ2) is 6.02. The molecule has 1 amide bonds. The Bertz CT molecular complexity index is 567. The van der Waals surface area contributed by atoms with E-state index in [1.54, 1.807) is 25.1 Å². The number of nitrogens with one attached hydrogen (secondary N) is 1. The molecule has 0 aliphatic carbocycles. The highest BCUT2D eigenvalue weighted by molar-refractivity contribution is 7.92. The number of halogens is 1. The number of hydrogen-bond donors (Lipinski definition) is 1. The molecular formula is C12H14ClNO3S. The largest absolute Gasteiger partial charge is 0.325 e. The van der Waals surface area contributed by atoms with Crippen molar-refractivity contribution in [3.05, 3.63) is 41.4 Å². The number of carbonyl (C=O) groups excluding carboxylic acids is 1. The molecule has 1 N–H and O–H groups in total. The minimum atomic E-state index is -3.43. The summed E-state index contributed by atoms with van der Waals surface area (Å²) in [6, 6.07) is 4.95. The number of rotatable bonds is 5. The second-order valence-corrected chi connectivity index (χ2v) is 6.40. The van der Waals surface area contributed by atoms with Gasteiger partial charge in [0.15, 0.2) is 9.84 Å². The number of amides is 1. The molecule has 0 aromatic heterocycles. The van der Waals surface area contributed by atoms with Crippen molar-refractivity contribution >= 4 is 33.0 Å². The lowest BCUT2D eigenvalue weighted by Gasteiger charge is -2.08. The van der Waals surface area contributed by atoms with Crippen LogP contribution in [0.4, 0.5) is 5.69 Å². The minimum absolute atomic E-state index is 0.208. The highest BCUT2D eigenvalue weighted by Crippen LogP contribution is 2.19. The van der Waals surface area contributed by atoms with Gasteiger partial charge < -0.3 is 5.32 Å². The first-order valence-corrected chi connectivity index (χ1v) is 7.41. The molecule has 0 radical (unpaired) electrons. The van der Waals surface area contributed by atoms with Gasteiger partial charge in [0.2, 0.25) is 5.91 Å². The Balaban J connectivity index is 2.74. The van der Waals surface area contributed by atoms with E-state index in [1.165, 1.54) is 6.08 Å². The first kappa shape index (κ1) is 14.7. The summed E-state index contributed by atoms with van der Waals surface area (Å²) in [6.07, 6.45) is 1.26. The van der Waals surface area contributed by atoms with Gasteiger partial charge >= 0.3 is 0 Å². The fourth-order valence-corrected chi connectivity index (χ4v) is 2.57. The topological polar surface area (TPSA) is 63.2 Å². The van der Waals surface area contributed by atoms with E-state index in [0.29, 0.717) is 10.7 Å². The smallest absolute Gasteiger partial charge is 0.239 e. The second-order valence-electron chi connectivity index (χ2n) is 3.85. The van der Waals surface area contributed by atoms with Gasteiger partial charge in [-0.15, -0.1) is 6.58 Å². The molecule has 0 bridgehead atoms. The summed E-state index contributed by atoms with van der Waals surface area (Å²) in [5.41, 5.74) is 1.33. The Morgan fingerprint density at radius 1 is 1.50 bits per heavy atom. The van der Waals surface area contributed by atoms with Crippen molar-refractivity contribution in [3.8, 4) is 0 Å². The molecule has 0 saturated heterocycles. The van der Waals surface area contributed by atoms with E-state index in [9.17, 15) is 13.2 Å². The van der Waals surface area contributed by atoms with Crippen LogP contribution in [0.1, 0.15) is 5.56 Å². The van der Waals surface area contributed by atoms with E-state index < -0.39 is 21.5 Å². The molecule has 1 aromatic rings. The molecule has 0 saturated carbocycles. The lowest BCUT2D eigenvalue weighted by Crippen LogP contribution is -2.24. The van der Waals surface area contributed by atoms with Crippen LogP contribution in [0.25, 0.3) is 0 Å². The van der Waals surface area contributed by atoms with Gasteiger partial charge in [-0.25, -0.2) is 8.42 Å². The van der Waals surface area contributed by atoms with Gasteiger partial charge in [0.05, 0.1) is 5.75 Å². The zero-order valence-corrected chi connectivity index (χ0v) is 11.5. The van der Waals surface area contributed by atoms with E-state index in [0.717, 1.165) is 5.56 Å². The SMILES string of the molecule is C=CCS(=O)(=O)CC(=O)Nc1ccc(Cl)cc1C. The predicted octanol–water partition coefficient (Wildman–Crippen LogP) is 2.19. The Labute approximate surface area is 112 Å². The summed E-state index contributed by atoms with van der Waals surface area (Å²) >= 11 is 5.78. The molecule has 0 unspecified atom stereocenters. The molecule has 0 atom stereocenters. The Morgan fingerprint density at radius 2 is 2.17 bits per heavy atom. The van der Waals surface area contributed by atoms with Crippen molar-refractivity contribution in [2.24, 2.45) is 0 Å². The molecule has 18 heavy (non-hydrogen) atoms. The predicted molar refractivity (Wildman–Crippen MR) is 73.7 cm³/mol. The molecule has 98 valence electrons. The fourth-order valence-electron chi connectivity index (χ4n) is 1.39. The fraction of sp³-hybridized carbons (Fsp3) is 0.250. The zero-order chi connectivity index (χ0) is 13.8. The van der Waals surface area contributed by atoms with Gasteiger partial charge in [0, 0.05) is 10.7 Å². The molecule has 1 rings (SSSR count). The lowest BCUT2D eigenvalue weighted by atomic mass is 10.2. The number of benzene rings is 1. The molecule has 6 heteroatoms. The van der Waals surface area contributed by atoms with Crippen molar-refractivity contribution in [1.82, 2.24) is 0 Å². The third kappa shape index (κ3) is 4.50. The summed E-state index contributed by atoms with van der Waals surface area (Å²) in [6.45, 7) is 5.11. The maximum Gasteiger partial charge on any atom is 0.239 e. The molecule has 0 aliphatic rings. The lowest BCUT2D eigenvalue weighted by molar-refractivity contribution is -0.113. The summed E-state index contributed by atoms with van der Waals surface area (Å²) in [5.74, 6) is -1.33. The molecule has 0 spiro atoms. The summed E-state index contributed by atoms with van der Waals surface area (Å²) in [5, 5.41) is 3.10. The third-order valence-corrected chi connectivity index (χ3v) is 3.87. The van der Waals surface area contributed by atoms with Crippen LogP contribution in [-0.4, -0.2) is 25.8 Å². The Morgan fingerprint density at radius 3 is 2.72 bits per heavy atom. The molecular weight excluding hydrogens is 274 g/mol. The van der Waals surface area contributed by atoms with E-state index in [1.807, 2.05) is 0 Å². The van der Waals surface area contributed by atoms with Crippen molar-refractivity contribution in [2.45, 2.75) is 6.92 Å². The average Bonchev–Trinajstić information content (AvgIpc) is 2.21. The van der Waals surface area contributed by atoms with Crippen LogP contribution >= 0.6 is 11.6 Å². The van der Waals surface area contributed by atoms with Crippen LogP contribution in [0.3, 0.4) is 0 Å². The first-order valence-electron chi connectivity index (χ1n) is 5.21. The Kier molecular flexibility index (Phi) is 4.93. The van der Waals surface area contributed by atoms with Crippen LogP contribution in [0.2, 0.25) is 5.02 Å². The van der Waals surface area contributed by atoms with Gasteiger partial charge in [-0.2, -0.15) is 0 Å². The number of hydrogen-bond acceptors (Lipinski definition) is 3.